The van der Waals surface area contributed by atoms with Crippen LogP contribution in [0.4, 0.5) is 0 Å². The Kier molecular flexibility index (Phi) is 11.1. The smallest absolute Gasteiger partial charge is 0.414 e. The lowest BCUT2D eigenvalue weighted by Crippen LogP contribution is -2.38. The molecule has 1 aliphatic rings. The summed E-state index contributed by atoms with van der Waals surface area (Å²) in [7, 11) is 0. The number of aliphatic carboxylic acids is 2. The van der Waals surface area contributed by atoms with Gasteiger partial charge in [-0.05, 0) is 31.9 Å². The van der Waals surface area contributed by atoms with Crippen LogP contribution in [0.25, 0.3) is 0 Å². The van der Waals surface area contributed by atoms with Crippen LogP contribution in [0.15, 0.2) is 24.3 Å². The quantitative estimate of drug-likeness (QED) is 0.560. The monoisotopic (exact) mass is 381 g/mol. The molecule has 0 aromatic heterocycles. The SMILES string of the molecule is Cc1ccc(OCC(O)CNC2CCCCCCC2)cc1.O=C(O)C(=O)O. The Morgan fingerprint density at radius 3 is 2.07 bits per heavy atom. The zero-order valence-electron chi connectivity index (χ0n) is 15.9. The maximum Gasteiger partial charge on any atom is 0.414 e. The van der Waals surface area contributed by atoms with Crippen molar-refractivity contribution in [2.45, 2.75) is 64.0 Å². The first-order valence-corrected chi connectivity index (χ1v) is 9.45. The average molecular weight is 381 g/mol. The van der Waals surface area contributed by atoms with Gasteiger partial charge in [0.05, 0.1) is 0 Å². The first-order chi connectivity index (χ1) is 12.9. The van der Waals surface area contributed by atoms with E-state index in [0.29, 0.717) is 19.2 Å². The maximum absolute atomic E-state index is 10.0. The number of aliphatic hydroxyl groups excluding tert-OH is 1. The minimum atomic E-state index is -1.82. The third-order valence-electron chi connectivity index (χ3n) is 4.39. The van der Waals surface area contributed by atoms with Crippen molar-refractivity contribution < 1.29 is 29.6 Å². The molecule has 2 rings (SSSR count). The average Bonchev–Trinajstić information content (AvgIpc) is 2.60. The van der Waals surface area contributed by atoms with E-state index in [4.69, 9.17) is 24.5 Å². The molecule has 27 heavy (non-hydrogen) atoms. The van der Waals surface area contributed by atoms with Crippen LogP contribution in [0.2, 0.25) is 0 Å². The number of rotatable bonds is 6. The van der Waals surface area contributed by atoms with Crippen molar-refractivity contribution in [1.82, 2.24) is 5.32 Å². The summed E-state index contributed by atoms with van der Waals surface area (Å²) in [5.74, 6) is -2.82. The van der Waals surface area contributed by atoms with Gasteiger partial charge in [0.25, 0.3) is 0 Å². The molecule has 1 fully saturated rings. The predicted molar refractivity (Wildman–Crippen MR) is 102 cm³/mol. The summed E-state index contributed by atoms with van der Waals surface area (Å²) in [5, 5.41) is 28.3. The molecule has 4 N–H and O–H groups in total. The zero-order chi connectivity index (χ0) is 20.1. The second-order valence-corrected chi connectivity index (χ2v) is 6.84. The summed E-state index contributed by atoms with van der Waals surface area (Å²) in [6.07, 6.45) is 8.77. The van der Waals surface area contributed by atoms with Crippen molar-refractivity contribution >= 4 is 11.9 Å². The first kappa shape index (κ1) is 22.9. The van der Waals surface area contributed by atoms with Crippen molar-refractivity contribution in [2.75, 3.05) is 13.2 Å². The number of hydrogen-bond donors (Lipinski definition) is 4. The maximum atomic E-state index is 10.0. The predicted octanol–water partition coefficient (Wildman–Crippen LogP) is 2.59. The van der Waals surface area contributed by atoms with Crippen LogP contribution in [0.5, 0.6) is 5.75 Å². The molecule has 1 aromatic carbocycles. The molecular formula is C20H31NO6. The zero-order valence-corrected chi connectivity index (χ0v) is 15.9. The van der Waals surface area contributed by atoms with Gasteiger partial charge in [-0.25, -0.2) is 9.59 Å². The molecule has 1 saturated carbocycles. The van der Waals surface area contributed by atoms with E-state index in [1.165, 1.54) is 50.5 Å². The van der Waals surface area contributed by atoms with Crippen LogP contribution >= 0.6 is 0 Å². The summed E-state index contributed by atoms with van der Waals surface area (Å²) in [6.45, 7) is 3.02. The normalized spacial score (nSPS) is 16.2. The number of aliphatic hydroxyl groups is 1. The molecule has 0 saturated heterocycles. The van der Waals surface area contributed by atoms with Crippen molar-refractivity contribution in [3.63, 3.8) is 0 Å². The van der Waals surface area contributed by atoms with Gasteiger partial charge in [-0.2, -0.15) is 0 Å². The highest BCUT2D eigenvalue weighted by molar-refractivity contribution is 6.27. The second kappa shape index (κ2) is 13.1. The Labute approximate surface area is 160 Å². The van der Waals surface area contributed by atoms with Crippen molar-refractivity contribution in [3.05, 3.63) is 29.8 Å². The van der Waals surface area contributed by atoms with E-state index in [1.54, 1.807) is 0 Å². The van der Waals surface area contributed by atoms with Gasteiger partial charge in [-0.15, -0.1) is 0 Å². The van der Waals surface area contributed by atoms with Crippen LogP contribution in [-0.4, -0.2) is 52.6 Å². The number of benzene rings is 1. The van der Waals surface area contributed by atoms with Crippen LogP contribution in [0.1, 0.15) is 50.5 Å². The van der Waals surface area contributed by atoms with Gasteiger partial charge in [-0.1, -0.05) is 49.8 Å². The van der Waals surface area contributed by atoms with Crippen LogP contribution in [-0.2, 0) is 9.59 Å². The molecule has 7 nitrogen and oxygen atoms in total. The van der Waals surface area contributed by atoms with E-state index >= 15 is 0 Å². The molecule has 0 bridgehead atoms. The topological polar surface area (TPSA) is 116 Å². The molecule has 1 aliphatic carbocycles. The number of ether oxygens (including phenoxy) is 1. The molecule has 0 amide bonds. The van der Waals surface area contributed by atoms with Crippen molar-refractivity contribution in [2.24, 2.45) is 0 Å². The Bertz CT molecular complexity index is 540. The van der Waals surface area contributed by atoms with Crippen LogP contribution < -0.4 is 10.1 Å². The number of carboxylic acid groups (broad SMARTS) is 2. The molecule has 1 aromatic rings. The Hall–Kier alpha value is -2.12. The molecule has 1 atom stereocenters. The Morgan fingerprint density at radius 2 is 1.56 bits per heavy atom. The summed E-state index contributed by atoms with van der Waals surface area (Å²) < 4.78 is 5.62. The minimum Gasteiger partial charge on any atom is -0.491 e. The van der Waals surface area contributed by atoms with Crippen molar-refractivity contribution in [1.29, 1.82) is 0 Å². The highest BCUT2D eigenvalue weighted by Gasteiger charge is 2.13. The lowest BCUT2D eigenvalue weighted by atomic mass is 9.96. The minimum absolute atomic E-state index is 0.350. The highest BCUT2D eigenvalue weighted by Crippen LogP contribution is 2.17. The summed E-state index contributed by atoms with van der Waals surface area (Å²) in [5.41, 5.74) is 1.22. The fourth-order valence-electron chi connectivity index (χ4n) is 2.85. The van der Waals surface area contributed by atoms with E-state index in [9.17, 15) is 5.11 Å². The molecule has 7 heteroatoms. The first-order valence-electron chi connectivity index (χ1n) is 9.45. The fourth-order valence-corrected chi connectivity index (χ4v) is 2.85. The van der Waals surface area contributed by atoms with E-state index in [-0.39, 0.29) is 0 Å². The molecule has 1 unspecified atom stereocenters. The molecular weight excluding hydrogens is 350 g/mol. The van der Waals surface area contributed by atoms with Gasteiger partial charge in [0.1, 0.15) is 18.5 Å². The van der Waals surface area contributed by atoms with Gasteiger partial charge in [0.2, 0.25) is 0 Å². The second-order valence-electron chi connectivity index (χ2n) is 6.84. The van der Waals surface area contributed by atoms with E-state index in [0.717, 1.165) is 5.75 Å². The lowest BCUT2D eigenvalue weighted by Gasteiger charge is -2.22. The van der Waals surface area contributed by atoms with Crippen LogP contribution in [0, 0.1) is 6.92 Å². The summed E-state index contributed by atoms with van der Waals surface area (Å²) >= 11 is 0. The van der Waals surface area contributed by atoms with Crippen molar-refractivity contribution in [3.8, 4) is 5.75 Å². The van der Waals surface area contributed by atoms with Gasteiger partial charge < -0.3 is 25.4 Å². The standard InChI is InChI=1S/C18H29NO2.C2H2O4/c1-15-9-11-18(12-10-15)21-14-17(20)13-19-16-7-5-3-2-4-6-8-16;3-1(4)2(5)6/h9-12,16-17,19-20H,2-8,13-14H2,1H3;(H,3,4)(H,5,6). The molecule has 152 valence electrons. The Balaban J connectivity index is 0.000000527. The molecule has 0 aliphatic heterocycles. The van der Waals surface area contributed by atoms with E-state index < -0.39 is 18.0 Å². The highest BCUT2D eigenvalue weighted by atomic mass is 16.5. The van der Waals surface area contributed by atoms with Gasteiger partial charge >= 0.3 is 11.9 Å². The largest absolute Gasteiger partial charge is 0.491 e. The molecule has 0 radical (unpaired) electrons. The number of hydrogen-bond acceptors (Lipinski definition) is 5. The van der Waals surface area contributed by atoms with Gasteiger partial charge in [0.15, 0.2) is 0 Å². The number of aryl methyl sites for hydroxylation is 1. The molecule has 0 heterocycles. The number of carboxylic acids is 2. The third-order valence-corrected chi connectivity index (χ3v) is 4.39. The van der Waals surface area contributed by atoms with Gasteiger partial charge in [-0.3, -0.25) is 0 Å². The summed E-state index contributed by atoms with van der Waals surface area (Å²) in [4.78, 5) is 18.2. The lowest BCUT2D eigenvalue weighted by molar-refractivity contribution is -0.159. The molecule has 0 spiro atoms. The Morgan fingerprint density at radius 1 is 1.04 bits per heavy atom. The number of nitrogens with one attached hydrogen (secondary N) is 1. The fraction of sp³-hybridized carbons (Fsp3) is 0.600. The summed E-state index contributed by atoms with van der Waals surface area (Å²) in [6, 6.07) is 8.51. The van der Waals surface area contributed by atoms with Gasteiger partial charge in [0, 0.05) is 12.6 Å². The number of carbonyl (C=O) groups is 2. The van der Waals surface area contributed by atoms with E-state index in [1.807, 2.05) is 24.3 Å². The van der Waals surface area contributed by atoms with E-state index in [2.05, 4.69) is 12.2 Å². The third kappa shape index (κ3) is 11.2. The van der Waals surface area contributed by atoms with Crippen LogP contribution in [0.3, 0.4) is 0 Å².